The highest BCUT2D eigenvalue weighted by atomic mass is 32.2. The van der Waals surface area contributed by atoms with Gasteiger partial charge >= 0.3 is 0 Å². The molecule has 0 spiro atoms. The lowest BCUT2D eigenvalue weighted by Crippen LogP contribution is -2.53. The van der Waals surface area contributed by atoms with Crippen molar-refractivity contribution in [3.63, 3.8) is 0 Å². The van der Waals surface area contributed by atoms with Crippen molar-refractivity contribution in [2.45, 2.75) is 24.0 Å². The van der Waals surface area contributed by atoms with Crippen LogP contribution in [0.3, 0.4) is 0 Å². The highest BCUT2D eigenvalue weighted by Crippen LogP contribution is 2.15. The van der Waals surface area contributed by atoms with Gasteiger partial charge in [-0.1, -0.05) is 0 Å². The number of thioether (sulfide) groups is 1. The van der Waals surface area contributed by atoms with Crippen LogP contribution < -0.4 is 10.6 Å². The van der Waals surface area contributed by atoms with Crippen molar-refractivity contribution in [1.82, 2.24) is 10.3 Å². The number of amides is 1. The molecule has 2 N–H and O–H groups in total. The van der Waals surface area contributed by atoms with Crippen LogP contribution in [0.4, 0.5) is 5.82 Å². The predicted molar refractivity (Wildman–Crippen MR) is 71.9 cm³/mol. The Morgan fingerprint density at radius 2 is 2.44 bits per heavy atom. The molecule has 2 rings (SSSR count). The molecular weight excluding hydrogens is 250 g/mol. The second-order valence-electron chi connectivity index (χ2n) is 4.08. The number of morpholine rings is 1. The molecule has 2 heterocycles. The minimum Gasteiger partial charge on any atom is -0.375 e. The third-order valence-corrected chi connectivity index (χ3v) is 3.54. The average molecular weight is 267 g/mol. The summed E-state index contributed by atoms with van der Waals surface area (Å²) in [7, 11) is 0. The van der Waals surface area contributed by atoms with Gasteiger partial charge < -0.3 is 15.4 Å². The Labute approximate surface area is 111 Å². The molecule has 0 unspecified atom stereocenters. The fourth-order valence-corrected chi connectivity index (χ4v) is 2.17. The van der Waals surface area contributed by atoms with Gasteiger partial charge in [0.2, 0.25) is 5.91 Å². The van der Waals surface area contributed by atoms with E-state index in [2.05, 4.69) is 15.6 Å². The Kier molecular flexibility index (Phi) is 4.57. The van der Waals surface area contributed by atoms with Gasteiger partial charge in [-0.15, -0.1) is 11.8 Å². The molecule has 1 fully saturated rings. The number of hydrogen-bond acceptors (Lipinski definition) is 5. The van der Waals surface area contributed by atoms with E-state index < -0.39 is 0 Å². The molecule has 2 atom stereocenters. The van der Waals surface area contributed by atoms with Crippen LogP contribution in [0, 0.1) is 0 Å². The van der Waals surface area contributed by atoms with Gasteiger partial charge in [0.1, 0.15) is 11.9 Å². The maximum absolute atomic E-state index is 12.0. The molecule has 0 bridgehead atoms. The molecule has 0 aliphatic carbocycles. The van der Waals surface area contributed by atoms with Gasteiger partial charge in [-0.2, -0.15) is 0 Å². The minimum atomic E-state index is -0.319. The van der Waals surface area contributed by atoms with Crippen LogP contribution in [0.25, 0.3) is 0 Å². The standard InChI is InChI=1S/C12H17N3O2S/c1-8-11(13-5-6-17-8)12(16)15-10-4-3-9(18-2)7-14-10/h3-4,7-8,11,13H,5-6H2,1-2H3,(H,14,15,16)/t8-,11+/m1/s1. The molecule has 1 aliphatic heterocycles. The Bertz CT molecular complexity index is 410. The van der Waals surface area contributed by atoms with Crippen LogP contribution in [0.5, 0.6) is 0 Å². The lowest BCUT2D eigenvalue weighted by atomic mass is 10.1. The van der Waals surface area contributed by atoms with E-state index in [0.717, 1.165) is 4.90 Å². The molecule has 1 aromatic rings. The zero-order valence-corrected chi connectivity index (χ0v) is 11.3. The molecule has 0 aromatic carbocycles. The van der Waals surface area contributed by atoms with Gasteiger partial charge in [0.15, 0.2) is 0 Å². The molecule has 1 aliphatic rings. The molecule has 18 heavy (non-hydrogen) atoms. The van der Waals surface area contributed by atoms with Gasteiger partial charge in [0.05, 0.1) is 12.7 Å². The first-order valence-corrected chi connectivity index (χ1v) is 7.09. The number of carbonyl (C=O) groups excluding carboxylic acids is 1. The number of aromatic nitrogens is 1. The minimum absolute atomic E-state index is 0.105. The zero-order chi connectivity index (χ0) is 13.0. The summed E-state index contributed by atoms with van der Waals surface area (Å²) >= 11 is 1.62. The van der Waals surface area contributed by atoms with Crippen molar-refractivity contribution in [3.05, 3.63) is 18.3 Å². The number of nitrogens with zero attached hydrogens (tertiary/aromatic N) is 1. The Morgan fingerprint density at radius 3 is 3.06 bits per heavy atom. The molecule has 6 heteroatoms. The lowest BCUT2D eigenvalue weighted by Gasteiger charge is -2.29. The summed E-state index contributed by atoms with van der Waals surface area (Å²) in [6, 6.07) is 3.42. The quantitative estimate of drug-likeness (QED) is 0.804. The van der Waals surface area contributed by atoms with Crippen molar-refractivity contribution >= 4 is 23.5 Å². The molecule has 98 valence electrons. The highest BCUT2D eigenvalue weighted by Gasteiger charge is 2.28. The van der Waals surface area contributed by atoms with E-state index in [1.165, 1.54) is 0 Å². The second kappa shape index (κ2) is 6.17. The van der Waals surface area contributed by atoms with Gasteiger partial charge in [0, 0.05) is 17.6 Å². The summed E-state index contributed by atoms with van der Waals surface area (Å²) in [5.74, 6) is 0.462. The topological polar surface area (TPSA) is 63.2 Å². The number of ether oxygens (including phenoxy) is 1. The number of rotatable bonds is 3. The van der Waals surface area contributed by atoms with Gasteiger partial charge in [0.25, 0.3) is 0 Å². The Balaban J connectivity index is 1.97. The van der Waals surface area contributed by atoms with Gasteiger partial charge in [-0.25, -0.2) is 4.98 Å². The summed E-state index contributed by atoms with van der Waals surface area (Å²) < 4.78 is 5.44. The van der Waals surface area contributed by atoms with E-state index in [-0.39, 0.29) is 18.1 Å². The van der Waals surface area contributed by atoms with E-state index in [1.807, 2.05) is 19.2 Å². The molecule has 5 nitrogen and oxygen atoms in total. The maximum Gasteiger partial charge on any atom is 0.245 e. The van der Waals surface area contributed by atoms with Crippen molar-refractivity contribution in [3.8, 4) is 0 Å². The SMILES string of the molecule is CSc1ccc(NC(=O)[C@H]2NCCO[C@@H]2C)nc1. The maximum atomic E-state index is 12.0. The van der Waals surface area contributed by atoms with Crippen LogP contribution in [-0.4, -0.2) is 42.4 Å². The summed E-state index contributed by atoms with van der Waals surface area (Å²) in [6.07, 6.45) is 3.61. The lowest BCUT2D eigenvalue weighted by molar-refractivity contribution is -0.123. The molecule has 1 amide bonds. The van der Waals surface area contributed by atoms with E-state index in [4.69, 9.17) is 4.74 Å². The molecule has 1 saturated heterocycles. The monoisotopic (exact) mass is 267 g/mol. The zero-order valence-electron chi connectivity index (χ0n) is 10.5. The summed E-state index contributed by atoms with van der Waals surface area (Å²) in [5.41, 5.74) is 0. The number of hydrogen-bond donors (Lipinski definition) is 2. The second-order valence-corrected chi connectivity index (χ2v) is 4.96. The molecular formula is C12H17N3O2S. The predicted octanol–water partition coefficient (Wildman–Crippen LogP) is 1.12. The fourth-order valence-electron chi connectivity index (χ4n) is 1.81. The van der Waals surface area contributed by atoms with E-state index >= 15 is 0 Å². The number of anilines is 1. The number of carbonyl (C=O) groups is 1. The van der Waals surface area contributed by atoms with E-state index in [0.29, 0.717) is 19.0 Å². The largest absolute Gasteiger partial charge is 0.375 e. The van der Waals surface area contributed by atoms with Crippen molar-refractivity contribution < 1.29 is 9.53 Å². The summed E-state index contributed by atoms with van der Waals surface area (Å²) in [5, 5.41) is 5.93. The van der Waals surface area contributed by atoms with Crippen molar-refractivity contribution in [1.29, 1.82) is 0 Å². The van der Waals surface area contributed by atoms with Crippen LogP contribution in [-0.2, 0) is 9.53 Å². The van der Waals surface area contributed by atoms with Crippen LogP contribution in [0.2, 0.25) is 0 Å². The highest BCUT2D eigenvalue weighted by molar-refractivity contribution is 7.98. The van der Waals surface area contributed by atoms with Crippen molar-refractivity contribution in [2.24, 2.45) is 0 Å². The van der Waals surface area contributed by atoms with Gasteiger partial charge in [-0.3, -0.25) is 4.79 Å². The molecule has 0 saturated carbocycles. The normalized spacial score (nSPS) is 23.7. The van der Waals surface area contributed by atoms with Crippen LogP contribution in [0.1, 0.15) is 6.92 Å². The van der Waals surface area contributed by atoms with Crippen LogP contribution in [0.15, 0.2) is 23.2 Å². The fraction of sp³-hybridized carbons (Fsp3) is 0.500. The van der Waals surface area contributed by atoms with E-state index in [1.54, 1.807) is 24.0 Å². The summed E-state index contributed by atoms with van der Waals surface area (Å²) in [6.45, 7) is 3.23. The molecule has 1 aromatic heterocycles. The van der Waals surface area contributed by atoms with Crippen LogP contribution >= 0.6 is 11.8 Å². The third-order valence-electron chi connectivity index (χ3n) is 2.82. The summed E-state index contributed by atoms with van der Waals surface area (Å²) in [4.78, 5) is 17.3. The number of nitrogens with one attached hydrogen (secondary N) is 2. The Hall–Kier alpha value is -1.11. The van der Waals surface area contributed by atoms with E-state index in [9.17, 15) is 4.79 Å². The first-order chi connectivity index (χ1) is 8.70. The van der Waals surface area contributed by atoms with Gasteiger partial charge in [-0.05, 0) is 25.3 Å². The average Bonchev–Trinajstić information content (AvgIpc) is 2.40. The smallest absolute Gasteiger partial charge is 0.245 e. The Morgan fingerprint density at radius 1 is 1.61 bits per heavy atom. The molecule has 0 radical (unpaired) electrons. The third kappa shape index (κ3) is 3.22. The van der Waals surface area contributed by atoms with Crippen molar-refractivity contribution in [2.75, 3.05) is 24.7 Å². The number of pyridine rings is 1. The first-order valence-electron chi connectivity index (χ1n) is 5.86. The first kappa shape index (κ1) is 13.3.